The molecule has 0 unspecified atom stereocenters. The molecule has 1 N–H and O–H groups in total. The molecule has 144 valence electrons. The minimum absolute atomic E-state index is 0.00835. The molecule has 0 saturated heterocycles. The molecule has 1 aromatic heterocycles. The molecule has 1 heterocycles. The van der Waals surface area contributed by atoms with E-state index < -0.39 is 23.6 Å². The number of halogens is 3. The van der Waals surface area contributed by atoms with E-state index in [0.29, 0.717) is 12.8 Å². The van der Waals surface area contributed by atoms with Crippen LogP contribution < -0.4 is 0 Å². The molecule has 1 aliphatic carbocycles. The summed E-state index contributed by atoms with van der Waals surface area (Å²) < 4.78 is 45.1. The summed E-state index contributed by atoms with van der Waals surface area (Å²) in [6.07, 6.45) is -2.86. The van der Waals surface area contributed by atoms with Crippen LogP contribution in [0.15, 0.2) is 34.7 Å². The molecule has 3 rings (SSSR count). The Morgan fingerprint density at radius 3 is 2.44 bits per heavy atom. The summed E-state index contributed by atoms with van der Waals surface area (Å²) in [6, 6.07) is 6.08. The fourth-order valence-corrected chi connectivity index (χ4v) is 2.99. The molecular formula is C19H18F3NO4. The van der Waals surface area contributed by atoms with Crippen LogP contribution in [0.4, 0.5) is 13.2 Å². The van der Waals surface area contributed by atoms with Gasteiger partial charge in [0.1, 0.15) is 11.3 Å². The second-order valence-corrected chi connectivity index (χ2v) is 6.43. The molecule has 1 saturated carbocycles. The van der Waals surface area contributed by atoms with Crippen molar-refractivity contribution >= 4 is 11.9 Å². The van der Waals surface area contributed by atoms with Crippen LogP contribution in [0.3, 0.4) is 0 Å². The first-order valence-electron chi connectivity index (χ1n) is 8.54. The van der Waals surface area contributed by atoms with Gasteiger partial charge in [-0.05, 0) is 24.5 Å². The average Bonchev–Trinajstić information content (AvgIpc) is 3.35. The van der Waals surface area contributed by atoms with Crippen LogP contribution in [0, 0.1) is 0 Å². The van der Waals surface area contributed by atoms with E-state index in [-0.39, 0.29) is 41.7 Å². The highest BCUT2D eigenvalue weighted by atomic mass is 19.4. The van der Waals surface area contributed by atoms with Gasteiger partial charge < -0.3 is 14.4 Å². The van der Waals surface area contributed by atoms with Crippen molar-refractivity contribution in [2.45, 2.75) is 44.9 Å². The second-order valence-electron chi connectivity index (χ2n) is 6.43. The molecule has 1 aromatic carbocycles. The van der Waals surface area contributed by atoms with Crippen LogP contribution in [0.1, 0.15) is 57.6 Å². The number of hydrogen-bond acceptors (Lipinski definition) is 3. The number of benzene rings is 1. The summed E-state index contributed by atoms with van der Waals surface area (Å²) in [5, 5.41) is 9.20. The lowest BCUT2D eigenvalue weighted by Gasteiger charge is -2.23. The van der Waals surface area contributed by atoms with Gasteiger partial charge >= 0.3 is 12.1 Å². The predicted octanol–water partition coefficient (Wildman–Crippen LogP) is 4.36. The third kappa shape index (κ3) is 3.99. The molecule has 0 bridgehead atoms. The van der Waals surface area contributed by atoms with Crippen molar-refractivity contribution in [1.82, 2.24) is 4.90 Å². The summed E-state index contributed by atoms with van der Waals surface area (Å²) in [5.74, 6) is -1.82. The zero-order valence-corrected chi connectivity index (χ0v) is 14.5. The number of furan rings is 1. The van der Waals surface area contributed by atoms with E-state index in [1.807, 2.05) is 0 Å². The van der Waals surface area contributed by atoms with Crippen molar-refractivity contribution in [3.05, 3.63) is 58.5 Å². The van der Waals surface area contributed by atoms with E-state index in [4.69, 9.17) is 4.42 Å². The lowest BCUT2D eigenvalue weighted by atomic mass is 10.1. The van der Waals surface area contributed by atoms with Crippen molar-refractivity contribution in [3.8, 4) is 0 Å². The van der Waals surface area contributed by atoms with E-state index in [2.05, 4.69) is 0 Å². The first kappa shape index (κ1) is 19.0. The number of alkyl halides is 3. The smallest absolute Gasteiger partial charge is 0.416 e. The van der Waals surface area contributed by atoms with Gasteiger partial charge in [0, 0.05) is 25.1 Å². The van der Waals surface area contributed by atoms with Crippen LogP contribution in [0.2, 0.25) is 0 Å². The number of nitrogens with zero attached hydrogens (tertiary/aromatic N) is 1. The zero-order chi connectivity index (χ0) is 19.8. The fourth-order valence-electron chi connectivity index (χ4n) is 2.99. The number of aryl methyl sites for hydroxylation is 1. The minimum Gasteiger partial charge on any atom is -0.478 e. The highest BCUT2D eigenvalue weighted by molar-refractivity contribution is 5.96. The Kier molecular flexibility index (Phi) is 4.99. The maximum atomic E-state index is 13.2. The van der Waals surface area contributed by atoms with Crippen LogP contribution in [0.25, 0.3) is 0 Å². The molecular weight excluding hydrogens is 363 g/mol. The van der Waals surface area contributed by atoms with Crippen molar-refractivity contribution in [2.75, 3.05) is 0 Å². The van der Waals surface area contributed by atoms with Crippen molar-refractivity contribution in [2.24, 2.45) is 0 Å². The normalized spacial score (nSPS) is 14.2. The fraction of sp³-hybridized carbons (Fsp3) is 0.368. The summed E-state index contributed by atoms with van der Waals surface area (Å²) in [5.41, 5.74) is -0.901. The quantitative estimate of drug-likeness (QED) is 0.807. The molecule has 0 aliphatic heterocycles. The molecule has 8 heteroatoms. The average molecular weight is 381 g/mol. The molecule has 2 aromatic rings. The van der Waals surface area contributed by atoms with Gasteiger partial charge in [-0.25, -0.2) is 4.79 Å². The van der Waals surface area contributed by atoms with E-state index in [9.17, 15) is 27.9 Å². The Labute approximate surface area is 153 Å². The molecule has 0 radical (unpaired) electrons. The molecule has 5 nitrogen and oxygen atoms in total. The zero-order valence-electron chi connectivity index (χ0n) is 14.5. The minimum atomic E-state index is -4.52. The van der Waals surface area contributed by atoms with Gasteiger partial charge in [-0.15, -0.1) is 0 Å². The highest BCUT2D eigenvalue weighted by Crippen LogP contribution is 2.35. The Balaban J connectivity index is 1.92. The highest BCUT2D eigenvalue weighted by Gasteiger charge is 2.38. The van der Waals surface area contributed by atoms with Crippen LogP contribution in [-0.4, -0.2) is 27.9 Å². The van der Waals surface area contributed by atoms with Gasteiger partial charge in [0.05, 0.1) is 5.56 Å². The van der Waals surface area contributed by atoms with E-state index >= 15 is 0 Å². The third-order valence-corrected chi connectivity index (χ3v) is 4.48. The largest absolute Gasteiger partial charge is 0.478 e. The van der Waals surface area contributed by atoms with Crippen LogP contribution in [0.5, 0.6) is 0 Å². The van der Waals surface area contributed by atoms with Gasteiger partial charge in [0.2, 0.25) is 0 Å². The van der Waals surface area contributed by atoms with Gasteiger partial charge in [0.15, 0.2) is 5.76 Å². The number of amides is 1. The summed E-state index contributed by atoms with van der Waals surface area (Å²) >= 11 is 0. The molecule has 0 atom stereocenters. The maximum Gasteiger partial charge on any atom is 0.416 e. The van der Waals surface area contributed by atoms with Gasteiger partial charge in [-0.3, -0.25) is 4.79 Å². The maximum absolute atomic E-state index is 13.2. The van der Waals surface area contributed by atoms with Gasteiger partial charge in [0.25, 0.3) is 5.91 Å². The molecule has 1 aliphatic rings. The number of hydrogen-bond donors (Lipinski definition) is 1. The number of carboxylic acid groups (broad SMARTS) is 1. The number of aromatic carboxylic acids is 1. The first-order chi connectivity index (χ1) is 12.7. The topological polar surface area (TPSA) is 70.8 Å². The number of carbonyl (C=O) groups is 2. The predicted molar refractivity (Wildman–Crippen MR) is 89.4 cm³/mol. The number of carbonyl (C=O) groups excluding carboxylic acids is 1. The molecule has 1 fully saturated rings. The van der Waals surface area contributed by atoms with Gasteiger partial charge in [-0.1, -0.05) is 25.1 Å². The molecule has 0 spiro atoms. The number of rotatable bonds is 6. The number of carboxylic acids is 1. The lowest BCUT2D eigenvalue weighted by Crippen LogP contribution is -2.33. The van der Waals surface area contributed by atoms with Crippen molar-refractivity contribution in [1.29, 1.82) is 0 Å². The lowest BCUT2D eigenvalue weighted by molar-refractivity contribution is -0.138. The van der Waals surface area contributed by atoms with E-state index in [1.165, 1.54) is 23.1 Å². The summed E-state index contributed by atoms with van der Waals surface area (Å²) in [4.78, 5) is 25.5. The molecule has 1 amide bonds. The SMILES string of the molecule is CCc1oc(C(=O)N(Cc2ccccc2C(F)(F)F)C2CC2)cc1C(=O)O. The van der Waals surface area contributed by atoms with Crippen molar-refractivity contribution < 1.29 is 32.3 Å². The molecule has 27 heavy (non-hydrogen) atoms. The Morgan fingerprint density at radius 1 is 1.26 bits per heavy atom. The second kappa shape index (κ2) is 7.09. The monoisotopic (exact) mass is 381 g/mol. The third-order valence-electron chi connectivity index (χ3n) is 4.48. The Bertz CT molecular complexity index is 868. The van der Waals surface area contributed by atoms with E-state index in [0.717, 1.165) is 12.1 Å². The van der Waals surface area contributed by atoms with E-state index in [1.54, 1.807) is 6.92 Å². The first-order valence-corrected chi connectivity index (χ1v) is 8.54. The Morgan fingerprint density at radius 2 is 1.93 bits per heavy atom. The van der Waals surface area contributed by atoms with Crippen LogP contribution in [-0.2, 0) is 19.1 Å². The van der Waals surface area contributed by atoms with Crippen molar-refractivity contribution in [3.63, 3.8) is 0 Å². The summed E-state index contributed by atoms with van der Waals surface area (Å²) in [7, 11) is 0. The standard InChI is InChI=1S/C19H18F3NO4/c1-2-15-13(18(25)26)9-16(27-15)17(24)23(12-7-8-12)10-11-5-3-4-6-14(11)19(20,21)22/h3-6,9,12H,2,7-8,10H2,1H3,(H,25,26). The summed E-state index contributed by atoms with van der Waals surface area (Å²) in [6.45, 7) is 1.47. The Hall–Kier alpha value is -2.77. The van der Waals surface area contributed by atoms with Gasteiger partial charge in [-0.2, -0.15) is 13.2 Å². The van der Waals surface area contributed by atoms with Crippen LogP contribution >= 0.6 is 0 Å².